The molecule has 0 atom stereocenters. The number of hydrogen-bond acceptors (Lipinski definition) is 3. The molecular formula is C18H22N2O2. The number of aromatic nitrogens is 1. The molecule has 1 aromatic heterocycles. The lowest BCUT2D eigenvalue weighted by Crippen LogP contribution is -2.36. The van der Waals surface area contributed by atoms with Crippen molar-refractivity contribution in [3.63, 3.8) is 0 Å². The summed E-state index contributed by atoms with van der Waals surface area (Å²) in [4.78, 5) is 17.3. The van der Waals surface area contributed by atoms with Gasteiger partial charge in [-0.2, -0.15) is 0 Å². The molecule has 1 N–H and O–H groups in total. The third-order valence-electron chi connectivity index (χ3n) is 4.22. The zero-order chi connectivity index (χ0) is 15.5. The molecule has 0 bridgehead atoms. The van der Waals surface area contributed by atoms with Gasteiger partial charge in [-0.25, -0.2) is 0 Å². The summed E-state index contributed by atoms with van der Waals surface area (Å²) >= 11 is 0. The van der Waals surface area contributed by atoms with Crippen LogP contribution in [-0.2, 0) is 11.2 Å². The first-order chi connectivity index (χ1) is 10.7. The third kappa shape index (κ3) is 2.92. The zero-order valence-corrected chi connectivity index (χ0v) is 13.2. The lowest BCUT2D eigenvalue weighted by Gasteiger charge is -2.29. The third-order valence-corrected chi connectivity index (χ3v) is 4.22. The molecule has 1 saturated heterocycles. The van der Waals surface area contributed by atoms with E-state index in [9.17, 15) is 4.79 Å². The molecule has 4 heteroatoms. The quantitative estimate of drug-likeness (QED) is 0.947. The van der Waals surface area contributed by atoms with Crippen molar-refractivity contribution in [2.75, 3.05) is 31.2 Å². The monoisotopic (exact) mass is 298 g/mol. The minimum Gasteiger partial charge on any atom is -0.378 e. The van der Waals surface area contributed by atoms with Crippen LogP contribution in [0, 0.1) is 6.92 Å². The van der Waals surface area contributed by atoms with Gasteiger partial charge >= 0.3 is 0 Å². The Hall–Kier alpha value is -2.07. The van der Waals surface area contributed by atoms with Gasteiger partial charge in [0.2, 0.25) is 0 Å². The zero-order valence-electron chi connectivity index (χ0n) is 13.2. The van der Waals surface area contributed by atoms with Crippen LogP contribution in [0.25, 0.3) is 11.3 Å². The molecule has 22 heavy (non-hydrogen) atoms. The Kier molecular flexibility index (Phi) is 4.29. The smallest absolute Gasteiger partial charge is 0.251 e. The fourth-order valence-electron chi connectivity index (χ4n) is 2.89. The number of benzene rings is 1. The Morgan fingerprint density at radius 3 is 2.50 bits per heavy atom. The van der Waals surface area contributed by atoms with E-state index in [1.807, 2.05) is 13.0 Å². The van der Waals surface area contributed by atoms with E-state index < -0.39 is 0 Å². The maximum Gasteiger partial charge on any atom is 0.251 e. The van der Waals surface area contributed by atoms with Crippen LogP contribution in [0.1, 0.15) is 18.1 Å². The van der Waals surface area contributed by atoms with Gasteiger partial charge in [-0.05, 0) is 42.7 Å². The Morgan fingerprint density at radius 2 is 1.86 bits per heavy atom. The van der Waals surface area contributed by atoms with E-state index in [4.69, 9.17) is 4.74 Å². The molecule has 3 rings (SSSR count). The SMILES string of the molecule is CCc1cc(C)c(=O)[nH]c1-c1ccc(N2CCOCC2)cc1. The summed E-state index contributed by atoms with van der Waals surface area (Å²) in [6.45, 7) is 7.39. The highest BCUT2D eigenvalue weighted by molar-refractivity contribution is 5.66. The van der Waals surface area contributed by atoms with Crippen molar-refractivity contribution in [3.8, 4) is 11.3 Å². The van der Waals surface area contributed by atoms with Crippen molar-refractivity contribution in [2.24, 2.45) is 0 Å². The van der Waals surface area contributed by atoms with Gasteiger partial charge in [0.15, 0.2) is 0 Å². The van der Waals surface area contributed by atoms with Gasteiger partial charge in [0.25, 0.3) is 5.56 Å². The molecule has 116 valence electrons. The molecule has 1 aromatic carbocycles. The van der Waals surface area contributed by atoms with E-state index in [2.05, 4.69) is 41.1 Å². The van der Waals surface area contributed by atoms with Crippen LogP contribution in [0.2, 0.25) is 0 Å². The molecule has 4 nitrogen and oxygen atoms in total. The maximum atomic E-state index is 11.9. The van der Waals surface area contributed by atoms with Crippen LogP contribution in [-0.4, -0.2) is 31.3 Å². The average Bonchev–Trinajstić information content (AvgIpc) is 2.58. The van der Waals surface area contributed by atoms with Crippen molar-refractivity contribution in [3.05, 3.63) is 51.8 Å². The topological polar surface area (TPSA) is 45.3 Å². The first-order valence-electron chi connectivity index (χ1n) is 7.85. The van der Waals surface area contributed by atoms with E-state index in [0.717, 1.165) is 49.5 Å². The maximum absolute atomic E-state index is 11.9. The van der Waals surface area contributed by atoms with Crippen LogP contribution < -0.4 is 10.5 Å². The Morgan fingerprint density at radius 1 is 1.18 bits per heavy atom. The first kappa shape index (κ1) is 14.9. The Bertz CT molecular complexity index is 698. The number of hydrogen-bond donors (Lipinski definition) is 1. The number of aromatic amines is 1. The summed E-state index contributed by atoms with van der Waals surface area (Å²) in [6.07, 6.45) is 0.901. The summed E-state index contributed by atoms with van der Waals surface area (Å²) in [5.74, 6) is 0. The molecule has 0 unspecified atom stereocenters. The number of rotatable bonds is 3. The standard InChI is InChI=1S/C18H22N2O2/c1-3-14-12-13(2)18(21)19-17(14)15-4-6-16(7-5-15)20-8-10-22-11-9-20/h4-7,12H,3,8-11H2,1-2H3,(H,19,21). The van der Waals surface area contributed by atoms with Gasteiger partial charge in [0, 0.05) is 24.3 Å². The molecule has 0 amide bonds. The number of aryl methyl sites for hydroxylation is 2. The lowest BCUT2D eigenvalue weighted by molar-refractivity contribution is 0.122. The van der Waals surface area contributed by atoms with Gasteiger partial charge < -0.3 is 14.6 Å². The molecule has 1 aliphatic rings. The molecule has 0 radical (unpaired) electrons. The van der Waals surface area contributed by atoms with E-state index in [1.54, 1.807) is 0 Å². The second-order valence-corrected chi connectivity index (χ2v) is 5.68. The van der Waals surface area contributed by atoms with Gasteiger partial charge in [-0.3, -0.25) is 4.79 Å². The minimum absolute atomic E-state index is 0.00976. The Balaban J connectivity index is 1.92. The largest absolute Gasteiger partial charge is 0.378 e. The van der Waals surface area contributed by atoms with E-state index in [0.29, 0.717) is 0 Å². The van der Waals surface area contributed by atoms with Crippen molar-refractivity contribution in [1.82, 2.24) is 4.98 Å². The molecule has 1 fully saturated rings. The highest BCUT2D eigenvalue weighted by Crippen LogP contribution is 2.25. The second-order valence-electron chi connectivity index (χ2n) is 5.68. The molecular weight excluding hydrogens is 276 g/mol. The molecule has 0 spiro atoms. The van der Waals surface area contributed by atoms with Gasteiger partial charge in [-0.15, -0.1) is 0 Å². The summed E-state index contributed by atoms with van der Waals surface area (Å²) in [5, 5.41) is 0. The van der Waals surface area contributed by atoms with Crippen LogP contribution >= 0.6 is 0 Å². The van der Waals surface area contributed by atoms with Crippen molar-refractivity contribution in [1.29, 1.82) is 0 Å². The summed E-state index contributed by atoms with van der Waals surface area (Å²) in [5.41, 5.74) is 5.14. The van der Waals surface area contributed by atoms with Crippen LogP contribution in [0.3, 0.4) is 0 Å². The fraction of sp³-hybridized carbons (Fsp3) is 0.389. The molecule has 2 aromatic rings. The number of nitrogens with zero attached hydrogens (tertiary/aromatic N) is 1. The predicted octanol–water partition coefficient (Wildman–Crippen LogP) is 2.75. The van der Waals surface area contributed by atoms with E-state index in [1.165, 1.54) is 11.3 Å². The molecule has 0 aliphatic carbocycles. The highest BCUT2D eigenvalue weighted by atomic mass is 16.5. The van der Waals surface area contributed by atoms with E-state index >= 15 is 0 Å². The Labute approximate surface area is 130 Å². The second kappa shape index (κ2) is 6.36. The molecule has 1 aliphatic heterocycles. The average molecular weight is 298 g/mol. The van der Waals surface area contributed by atoms with Crippen molar-refractivity contribution in [2.45, 2.75) is 20.3 Å². The summed E-state index contributed by atoms with van der Waals surface area (Å²) in [7, 11) is 0. The highest BCUT2D eigenvalue weighted by Gasteiger charge is 2.12. The van der Waals surface area contributed by atoms with Crippen LogP contribution in [0.5, 0.6) is 0 Å². The molecule has 2 heterocycles. The van der Waals surface area contributed by atoms with Crippen LogP contribution in [0.4, 0.5) is 5.69 Å². The number of anilines is 1. The fourth-order valence-corrected chi connectivity index (χ4v) is 2.89. The number of H-pyrrole nitrogens is 1. The number of morpholine rings is 1. The van der Waals surface area contributed by atoms with E-state index in [-0.39, 0.29) is 5.56 Å². The normalized spacial score (nSPS) is 15.1. The van der Waals surface area contributed by atoms with Gasteiger partial charge in [-0.1, -0.05) is 19.1 Å². The predicted molar refractivity (Wildman–Crippen MR) is 89.6 cm³/mol. The van der Waals surface area contributed by atoms with Crippen LogP contribution in [0.15, 0.2) is 35.1 Å². The number of nitrogens with one attached hydrogen (secondary N) is 1. The van der Waals surface area contributed by atoms with Gasteiger partial charge in [0.05, 0.1) is 18.9 Å². The molecule has 0 saturated carbocycles. The summed E-state index contributed by atoms with van der Waals surface area (Å²) in [6, 6.07) is 10.4. The van der Waals surface area contributed by atoms with Gasteiger partial charge in [0.1, 0.15) is 0 Å². The van der Waals surface area contributed by atoms with Crippen molar-refractivity contribution >= 4 is 5.69 Å². The summed E-state index contributed by atoms with van der Waals surface area (Å²) < 4.78 is 5.39. The van der Waals surface area contributed by atoms with Crippen molar-refractivity contribution < 1.29 is 4.74 Å². The first-order valence-corrected chi connectivity index (χ1v) is 7.85. The minimum atomic E-state index is -0.00976. The number of pyridine rings is 1. The lowest BCUT2D eigenvalue weighted by atomic mass is 10.0. The number of ether oxygens (including phenoxy) is 1.